The lowest BCUT2D eigenvalue weighted by Gasteiger charge is -2.21. The number of aliphatic hydroxyl groups is 1. The number of hydrogen-bond donors (Lipinski definition) is 1. The van der Waals surface area contributed by atoms with Crippen molar-refractivity contribution in [1.82, 2.24) is 0 Å². The van der Waals surface area contributed by atoms with E-state index in [1.54, 1.807) is 30.3 Å². The zero-order valence-corrected chi connectivity index (χ0v) is 13.9. The molecule has 1 atom stereocenters. The first-order chi connectivity index (χ1) is 10.0. The summed E-state index contributed by atoms with van der Waals surface area (Å²) in [6.45, 7) is 0.972. The van der Waals surface area contributed by atoms with E-state index in [0.29, 0.717) is 45.9 Å². The Bertz CT molecular complexity index is 671. The Kier molecular flexibility index (Phi) is 4.31. The van der Waals surface area contributed by atoms with E-state index in [2.05, 4.69) is 15.9 Å². The maximum Gasteiger partial charge on any atom is 0.162 e. The van der Waals surface area contributed by atoms with Gasteiger partial charge in [0, 0.05) is 21.1 Å². The third-order valence-electron chi connectivity index (χ3n) is 3.16. The van der Waals surface area contributed by atoms with E-state index in [1.807, 2.05) is 0 Å². The molecule has 0 aromatic heterocycles. The van der Waals surface area contributed by atoms with Crippen LogP contribution in [-0.2, 0) is 0 Å². The Morgan fingerprint density at radius 3 is 2.33 bits per heavy atom. The number of ether oxygens (including phenoxy) is 2. The van der Waals surface area contributed by atoms with Crippen molar-refractivity contribution in [2.75, 3.05) is 13.2 Å². The molecule has 2 aromatic rings. The quantitative estimate of drug-likeness (QED) is 0.815. The molecule has 0 amide bonds. The van der Waals surface area contributed by atoms with Gasteiger partial charge in [-0.25, -0.2) is 0 Å². The first kappa shape index (κ1) is 15.0. The maximum atomic E-state index is 10.6. The van der Waals surface area contributed by atoms with Crippen molar-refractivity contribution in [3.8, 4) is 11.5 Å². The minimum atomic E-state index is -0.900. The predicted molar refractivity (Wildman–Crippen MR) is 85.7 cm³/mol. The summed E-state index contributed by atoms with van der Waals surface area (Å²) in [5.41, 5.74) is 1.20. The number of fused-ring (bicyclic) bond motifs is 1. The molecule has 21 heavy (non-hydrogen) atoms. The van der Waals surface area contributed by atoms with Gasteiger partial charge in [-0.3, -0.25) is 0 Å². The Balaban J connectivity index is 2.02. The van der Waals surface area contributed by atoms with Crippen LogP contribution in [0.15, 0.2) is 34.8 Å². The molecule has 110 valence electrons. The van der Waals surface area contributed by atoms with Crippen LogP contribution in [0.3, 0.4) is 0 Å². The number of benzene rings is 2. The highest BCUT2D eigenvalue weighted by atomic mass is 79.9. The average molecular weight is 390 g/mol. The molecule has 0 fully saturated rings. The molecule has 0 bridgehead atoms. The van der Waals surface area contributed by atoms with Crippen molar-refractivity contribution in [3.63, 3.8) is 0 Å². The molecule has 1 unspecified atom stereocenters. The van der Waals surface area contributed by atoms with Gasteiger partial charge in [-0.05, 0) is 29.8 Å². The van der Waals surface area contributed by atoms with Crippen LogP contribution in [0.25, 0.3) is 0 Å². The van der Waals surface area contributed by atoms with E-state index in [-0.39, 0.29) is 0 Å². The lowest BCUT2D eigenvalue weighted by atomic mass is 10.0. The molecule has 0 saturated carbocycles. The molecule has 2 aromatic carbocycles. The summed E-state index contributed by atoms with van der Waals surface area (Å²) in [6, 6.07) is 8.61. The van der Waals surface area contributed by atoms with Gasteiger partial charge in [0.1, 0.15) is 19.3 Å². The van der Waals surface area contributed by atoms with Crippen LogP contribution < -0.4 is 9.47 Å². The predicted octanol–water partition coefficient (Wildman–Crippen LogP) is 4.61. The van der Waals surface area contributed by atoms with E-state index in [1.165, 1.54) is 0 Å². The Hall–Kier alpha value is -0.940. The van der Waals surface area contributed by atoms with E-state index < -0.39 is 6.10 Å². The van der Waals surface area contributed by atoms with Crippen molar-refractivity contribution >= 4 is 39.1 Å². The molecule has 1 aliphatic heterocycles. The van der Waals surface area contributed by atoms with Gasteiger partial charge >= 0.3 is 0 Å². The highest BCUT2D eigenvalue weighted by Gasteiger charge is 2.21. The van der Waals surface area contributed by atoms with Crippen molar-refractivity contribution in [3.05, 3.63) is 56.0 Å². The molecule has 6 heteroatoms. The second kappa shape index (κ2) is 6.05. The molecular formula is C15H11BrCl2O3. The van der Waals surface area contributed by atoms with E-state index in [0.717, 1.165) is 4.47 Å². The standard InChI is InChI=1S/C15H11BrCl2O3/c16-9-3-8(4-10(17)5-9)15(19)11-6-13-14(7-12(11)18)21-2-1-20-13/h3-7,15,19H,1-2H2. The summed E-state index contributed by atoms with van der Waals surface area (Å²) in [5.74, 6) is 1.18. The van der Waals surface area contributed by atoms with Gasteiger partial charge in [0.25, 0.3) is 0 Å². The van der Waals surface area contributed by atoms with Crippen molar-refractivity contribution in [1.29, 1.82) is 0 Å². The molecule has 0 aliphatic carbocycles. The van der Waals surface area contributed by atoms with E-state index in [9.17, 15) is 5.11 Å². The summed E-state index contributed by atoms with van der Waals surface area (Å²) < 4.78 is 11.8. The Morgan fingerprint density at radius 1 is 1.00 bits per heavy atom. The Labute approximate surface area is 140 Å². The second-order valence-electron chi connectivity index (χ2n) is 4.62. The SMILES string of the molecule is OC(c1cc(Cl)cc(Br)c1)c1cc2c(cc1Cl)OCCO2. The van der Waals surface area contributed by atoms with Gasteiger partial charge in [0.05, 0.1) is 5.02 Å². The van der Waals surface area contributed by atoms with Gasteiger partial charge in [-0.2, -0.15) is 0 Å². The third kappa shape index (κ3) is 3.14. The molecular weight excluding hydrogens is 379 g/mol. The van der Waals surface area contributed by atoms with Gasteiger partial charge in [0.2, 0.25) is 0 Å². The van der Waals surface area contributed by atoms with Crippen molar-refractivity contribution in [2.45, 2.75) is 6.10 Å². The summed E-state index contributed by atoms with van der Waals surface area (Å²) in [5, 5.41) is 11.5. The summed E-state index contributed by atoms with van der Waals surface area (Å²) in [4.78, 5) is 0. The second-order valence-corrected chi connectivity index (χ2v) is 6.38. The van der Waals surface area contributed by atoms with Crippen LogP contribution in [0.5, 0.6) is 11.5 Å². The van der Waals surface area contributed by atoms with Crippen molar-refractivity contribution < 1.29 is 14.6 Å². The molecule has 0 spiro atoms. The smallest absolute Gasteiger partial charge is 0.162 e. The fraction of sp³-hybridized carbons (Fsp3) is 0.200. The fourth-order valence-electron chi connectivity index (χ4n) is 2.20. The minimum Gasteiger partial charge on any atom is -0.486 e. The van der Waals surface area contributed by atoms with Gasteiger partial charge in [-0.15, -0.1) is 0 Å². The highest BCUT2D eigenvalue weighted by Crippen LogP contribution is 2.39. The number of halogens is 3. The maximum absolute atomic E-state index is 10.6. The van der Waals surface area contributed by atoms with Gasteiger partial charge in [-0.1, -0.05) is 39.1 Å². The summed E-state index contributed by atoms with van der Waals surface area (Å²) in [6.07, 6.45) is -0.900. The van der Waals surface area contributed by atoms with Crippen molar-refractivity contribution in [2.24, 2.45) is 0 Å². The molecule has 3 rings (SSSR count). The van der Waals surface area contributed by atoms with Crippen LogP contribution in [0.4, 0.5) is 0 Å². The minimum absolute atomic E-state index is 0.419. The van der Waals surface area contributed by atoms with Crippen LogP contribution in [0.2, 0.25) is 10.0 Å². The molecule has 1 N–H and O–H groups in total. The monoisotopic (exact) mass is 388 g/mol. The molecule has 1 aliphatic rings. The third-order valence-corrected chi connectivity index (χ3v) is 4.16. The van der Waals surface area contributed by atoms with Crippen LogP contribution in [0.1, 0.15) is 17.2 Å². The lowest BCUT2D eigenvalue weighted by Crippen LogP contribution is -2.16. The van der Waals surface area contributed by atoms with Gasteiger partial charge < -0.3 is 14.6 Å². The van der Waals surface area contributed by atoms with Gasteiger partial charge in [0.15, 0.2) is 11.5 Å². The van der Waals surface area contributed by atoms with E-state index in [4.69, 9.17) is 32.7 Å². The fourth-order valence-corrected chi connectivity index (χ4v) is 3.35. The normalized spacial score (nSPS) is 14.9. The molecule has 0 saturated heterocycles. The Morgan fingerprint density at radius 2 is 1.67 bits per heavy atom. The van der Waals surface area contributed by atoms with E-state index >= 15 is 0 Å². The topological polar surface area (TPSA) is 38.7 Å². The molecule has 0 radical (unpaired) electrons. The zero-order valence-electron chi connectivity index (χ0n) is 10.8. The van der Waals surface area contributed by atoms with Crippen LogP contribution in [0, 0.1) is 0 Å². The first-order valence-electron chi connectivity index (χ1n) is 6.27. The lowest BCUT2D eigenvalue weighted by molar-refractivity contribution is 0.169. The average Bonchev–Trinajstić information content (AvgIpc) is 2.44. The zero-order chi connectivity index (χ0) is 15.0. The van der Waals surface area contributed by atoms with Crippen LogP contribution in [-0.4, -0.2) is 18.3 Å². The summed E-state index contributed by atoms with van der Waals surface area (Å²) in [7, 11) is 0. The highest BCUT2D eigenvalue weighted by molar-refractivity contribution is 9.10. The summed E-state index contributed by atoms with van der Waals surface area (Å²) >= 11 is 15.6. The molecule has 1 heterocycles. The number of hydrogen-bond acceptors (Lipinski definition) is 3. The van der Waals surface area contributed by atoms with Crippen LogP contribution >= 0.6 is 39.1 Å². The largest absolute Gasteiger partial charge is 0.486 e. The number of aliphatic hydroxyl groups excluding tert-OH is 1. The number of rotatable bonds is 2. The molecule has 3 nitrogen and oxygen atoms in total. The first-order valence-corrected chi connectivity index (χ1v) is 7.82.